The number of carbonyl (C=O) groups excluding carboxylic acids is 3. The highest BCUT2D eigenvalue weighted by Crippen LogP contribution is 2.36. The molecular weight excluding hydrogens is 510 g/mol. The summed E-state index contributed by atoms with van der Waals surface area (Å²) in [7, 11) is 0. The van der Waals surface area contributed by atoms with Crippen LogP contribution in [0.15, 0.2) is 41.3 Å². The molecule has 0 unspecified atom stereocenters. The van der Waals surface area contributed by atoms with Crippen molar-refractivity contribution in [3.8, 4) is 0 Å². The average Bonchev–Trinajstić information content (AvgIpc) is 3.04. The molecule has 0 bridgehead atoms. The monoisotopic (exact) mass is 527 g/mol. The van der Waals surface area contributed by atoms with Crippen LogP contribution < -0.4 is 11.0 Å². The van der Waals surface area contributed by atoms with E-state index in [1.54, 1.807) is 30.3 Å². The van der Waals surface area contributed by atoms with Gasteiger partial charge in [-0.15, -0.1) is 0 Å². The summed E-state index contributed by atoms with van der Waals surface area (Å²) in [6.45, 7) is 2.34. The van der Waals surface area contributed by atoms with Crippen LogP contribution in [0.5, 0.6) is 0 Å². The number of ether oxygens (including phenoxy) is 3. The maximum absolute atomic E-state index is 12.7. The van der Waals surface area contributed by atoms with Gasteiger partial charge in [0, 0.05) is 25.6 Å². The van der Waals surface area contributed by atoms with E-state index in [-0.39, 0.29) is 17.4 Å². The summed E-state index contributed by atoms with van der Waals surface area (Å²) in [5.41, 5.74) is -0.438. The number of alkyl halides is 1. The largest absolute Gasteiger partial charge is 0.463 e. The van der Waals surface area contributed by atoms with E-state index in [9.17, 15) is 19.2 Å². The number of halogens is 2. The van der Waals surface area contributed by atoms with Crippen molar-refractivity contribution in [2.24, 2.45) is 0 Å². The molecule has 12 heteroatoms. The smallest absolute Gasteiger partial charge is 0.351 e. The van der Waals surface area contributed by atoms with E-state index in [0.29, 0.717) is 5.56 Å². The van der Waals surface area contributed by atoms with Crippen molar-refractivity contribution in [2.75, 3.05) is 11.9 Å². The highest BCUT2D eigenvalue weighted by molar-refractivity contribution is 9.09. The molecule has 1 amide bonds. The molecule has 1 N–H and O–H groups in total. The summed E-state index contributed by atoms with van der Waals surface area (Å²) in [6.07, 6.45) is -1.52. The molecule has 1 aromatic heterocycles. The molecule has 0 spiro atoms. The Balaban J connectivity index is 1.87. The number of hydrogen-bond donors (Lipinski definition) is 1. The van der Waals surface area contributed by atoms with Crippen LogP contribution in [0.4, 0.5) is 5.82 Å². The molecule has 0 aliphatic carbocycles. The number of anilines is 1. The van der Waals surface area contributed by atoms with Crippen molar-refractivity contribution in [3.05, 3.63) is 57.6 Å². The van der Waals surface area contributed by atoms with Gasteiger partial charge in [0.2, 0.25) is 0 Å². The van der Waals surface area contributed by atoms with Crippen molar-refractivity contribution in [1.82, 2.24) is 9.55 Å². The van der Waals surface area contributed by atoms with Crippen LogP contribution in [0.3, 0.4) is 0 Å². The Morgan fingerprint density at radius 2 is 1.91 bits per heavy atom. The van der Waals surface area contributed by atoms with E-state index in [2.05, 4.69) is 26.2 Å². The third kappa shape index (κ3) is 5.53. The van der Waals surface area contributed by atoms with E-state index in [1.807, 2.05) is 0 Å². The molecule has 0 saturated carbocycles. The second-order valence-corrected chi connectivity index (χ2v) is 8.30. The van der Waals surface area contributed by atoms with E-state index in [1.165, 1.54) is 20.0 Å². The van der Waals surface area contributed by atoms with Crippen LogP contribution in [0, 0.1) is 0 Å². The van der Waals surface area contributed by atoms with Gasteiger partial charge in [-0.3, -0.25) is 19.0 Å². The number of hydrogen-bond acceptors (Lipinski definition) is 8. The Morgan fingerprint density at radius 1 is 1.22 bits per heavy atom. The topological polar surface area (TPSA) is 126 Å². The van der Waals surface area contributed by atoms with Gasteiger partial charge in [0.15, 0.2) is 18.1 Å². The zero-order chi connectivity index (χ0) is 23.4. The third-order valence-electron chi connectivity index (χ3n) is 4.47. The van der Waals surface area contributed by atoms with Crippen molar-refractivity contribution in [3.63, 3.8) is 0 Å². The molecule has 1 aliphatic rings. The lowest BCUT2D eigenvalue weighted by Gasteiger charge is -2.22. The molecule has 2 heterocycles. The number of esters is 2. The lowest BCUT2D eigenvalue weighted by Crippen LogP contribution is -2.37. The van der Waals surface area contributed by atoms with E-state index in [4.69, 9.17) is 25.8 Å². The molecule has 1 fully saturated rings. The molecule has 3 rings (SSSR count). The van der Waals surface area contributed by atoms with E-state index < -0.39 is 46.8 Å². The Kier molecular flexibility index (Phi) is 7.64. The van der Waals surface area contributed by atoms with Crippen molar-refractivity contribution in [1.29, 1.82) is 0 Å². The van der Waals surface area contributed by atoms with E-state index in [0.717, 1.165) is 4.57 Å². The summed E-state index contributed by atoms with van der Waals surface area (Å²) < 4.78 is 17.2. The molecule has 1 aromatic carbocycles. The zero-order valence-corrected chi connectivity index (χ0v) is 19.3. The number of nitrogens with zero attached hydrogens (tertiary/aromatic N) is 2. The van der Waals surface area contributed by atoms with Crippen molar-refractivity contribution in [2.45, 2.75) is 37.1 Å². The predicted molar refractivity (Wildman–Crippen MR) is 117 cm³/mol. The molecule has 2 aromatic rings. The van der Waals surface area contributed by atoms with Gasteiger partial charge in [-0.05, 0) is 12.1 Å². The first-order chi connectivity index (χ1) is 15.2. The fourth-order valence-electron chi connectivity index (χ4n) is 3.05. The minimum Gasteiger partial charge on any atom is -0.463 e. The van der Waals surface area contributed by atoms with Crippen molar-refractivity contribution < 1.29 is 28.6 Å². The molecule has 4 atom stereocenters. The maximum atomic E-state index is 12.7. The first kappa shape index (κ1) is 23.9. The minimum absolute atomic E-state index is 0.0337. The number of rotatable bonds is 6. The quantitative estimate of drug-likeness (QED) is 0.447. The Morgan fingerprint density at radius 3 is 2.53 bits per heavy atom. The summed E-state index contributed by atoms with van der Waals surface area (Å²) in [4.78, 5) is 51.1. The summed E-state index contributed by atoms with van der Waals surface area (Å²) >= 11 is 9.64. The standard InChI is InChI=1S/C20H19BrClN3O7/c1-10(26)30-9-14-15(21)16(31-11(2)27)19(32-14)25-8-13(22)17(24-20(25)29)23-18(28)12-6-4-3-5-7-12/h3-8,14-16,19H,9H2,1-2H3,(H,23,24,28,29)/t14-,15+,16-,19-/m1/s1. The number of aromatic nitrogens is 2. The summed E-state index contributed by atoms with van der Waals surface area (Å²) in [6, 6.07) is 8.34. The van der Waals surface area contributed by atoms with Crippen LogP contribution >= 0.6 is 27.5 Å². The average molecular weight is 529 g/mol. The SMILES string of the molecule is CC(=O)OC[C@H]1O[C@@H](n2cc(Cl)c(NC(=O)c3ccccc3)nc2=O)[C@H](OC(C)=O)[C@H]1Br. The summed E-state index contributed by atoms with van der Waals surface area (Å²) in [5, 5.41) is 2.46. The molecule has 170 valence electrons. The second-order valence-electron chi connectivity index (χ2n) is 6.83. The highest BCUT2D eigenvalue weighted by Gasteiger charge is 2.47. The molecule has 10 nitrogen and oxygen atoms in total. The molecule has 1 saturated heterocycles. The molecular formula is C20H19BrClN3O7. The fraction of sp³-hybridized carbons (Fsp3) is 0.350. The van der Waals surface area contributed by atoms with Gasteiger partial charge < -0.3 is 19.5 Å². The second kappa shape index (κ2) is 10.2. The van der Waals surface area contributed by atoms with Gasteiger partial charge in [-0.1, -0.05) is 45.7 Å². The Labute approximate surface area is 195 Å². The number of nitrogens with one attached hydrogen (secondary N) is 1. The van der Waals surface area contributed by atoms with Crippen molar-refractivity contribution >= 4 is 51.2 Å². The van der Waals surface area contributed by atoms with Crippen LogP contribution in [-0.2, 0) is 23.8 Å². The van der Waals surface area contributed by atoms with Crippen LogP contribution in [-0.4, -0.2) is 51.0 Å². The van der Waals surface area contributed by atoms with Crippen LogP contribution in [0.2, 0.25) is 5.02 Å². The van der Waals surface area contributed by atoms with Gasteiger partial charge in [0.25, 0.3) is 5.91 Å². The van der Waals surface area contributed by atoms with Gasteiger partial charge >= 0.3 is 17.6 Å². The lowest BCUT2D eigenvalue weighted by molar-refractivity contribution is -0.153. The van der Waals surface area contributed by atoms with E-state index >= 15 is 0 Å². The van der Waals surface area contributed by atoms with Gasteiger partial charge in [0.05, 0.1) is 9.85 Å². The molecule has 32 heavy (non-hydrogen) atoms. The molecule has 0 radical (unpaired) electrons. The highest BCUT2D eigenvalue weighted by atomic mass is 79.9. The van der Waals surface area contributed by atoms with Gasteiger partial charge in [0.1, 0.15) is 12.7 Å². The van der Waals surface area contributed by atoms with Crippen LogP contribution in [0.25, 0.3) is 0 Å². The number of amides is 1. The number of carbonyl (C=O) groups is 3. The third-order valence-corrected chi connectivity index (χ3v) is 5.85. The van der Waals surface area contributed by atoms with Crippen LogP contribution in [0.1, 0.15) is 30.4 Å². The number of benzene rings is 1. The molecule has 1 aliphatic heterocycles. The normalized spacial score (nSPS) is 22.2. The minimum atomic E-state index is -1.10. The maximum Gasteiger partial charge on any atom is 0.351 e. The lowest BCUT2D eigenvalue weighted by atomic mass is 10.2. The first-order valence-electron chi connectivity index (χ1n) is 9.42. The Bertz CT molecular complexity index is 1080. The van der Waals surface area contributed by atoms with Gasteiger partial charge in [-0.2, -0.15) is 4.98 Å². The summed E-state index contributed by atoms with van der Waals surface area (Å²) in [5.74, 6) is -1.73. The first-order valence-corrected chi connectivity index (χ1v) is 10.7. The predicted octanol–water partition coefficient (Wildman–Crippen LogP) is 2.30. The zero-order valence-electron chi connectivity index (χ0n) is 17.0. The van der Waals surface area contributed by atoms with Gasteiger partial charge in [-0.25, -0.2) is 4.79 Å². The fourth-order valence-corrected chi connectivity index (χ4v) is 3.90. The Hall–Kier alpha value is -2.76.